The Morgan fingerprint density at radius 2 is 1.60 bits per heavy atom. The average molecular weight is 338 g/mol. The molecule has 132 valence electrons. The van der Waals surface area contributed by atoms with Crippen LogP contribution in [0.4, 0.5) is 5.69 Å². The molecule has 4 heteroatoms. The van der Waals surface area contributed by atoms with Gasteiger partial charge in [-0.1, -0.05) is 30.3 Å². The molecule has 2 aromatic carbocycles. The van der Waals surface area contributed by atoms with Crippen LogP contribution in [0.5, 0.6) is 11.5 Å². The first-order valence-electron chi connectivity index (χ1n) is 9.28. The Balaban J connectivity index is 1.18. The second-order valence-electron chi connectivity index (χ2n) is 6.92. The monoisotopic (exact) mass is 338 g/mol. The van der Waals surface area contributed by atoms with Crippen molar-refractivity contribution in [1.82, 2.24) is 5.32 Å². The number of ether oxygens (including phenoxy) is 2. The van der Waals surface area contributed by atoms with Gasteiger partial charge in [0.15, 0.2) is 11.5 Å². The van der Waals surface area contributed by atoms with Crippen molar-refractivity contribution >= 4 is 5.69 Å². The van der Waals surface area contributed by atoms with Crippen LogP contribution in [0.25, 0.3) is 0 Å². The van der Waals surface area contributed by atoms with Crippen LogP contribution in [0.2, 0.25) is 0 Å². The molecule has 0 radical (unpaired) electrons. The van der Waals surface area contributed by atoms with Crippen molar-refractivity contribution < 1.29 is 9.47 Å². The molecule has 1 fully saturated rings. The van der Waals surface area contributed by atoms with Crippen LogP contribution < -0.4 is 19.7 Å². The Morgan fingerprint density at radius 3 is 2.40 bits per heavy atom. The van der Waals surface area contributed by atoms with Gasteiger partial charge in [-0.25, -0.2) is 0 Å². The van der Waals surface area contributed by atoms with E-state index in [1.165, 1.54) is 18.5 Å². The number of anilines is 1. The molecule has 1 saturated heterocycles. The van der Waals surface area contributed by atoms with Gasteiger partial charge in [0, 0.05) is 25.3 Å². The summed E-state index contributed by atoms with van der Waals surface area (Å²) in [6.07, 6.45) is 2.58. The minimum absolute atomic E-state index is 0.0966. The highest BCUT2D eigenvalue weighted by molar-refractivity contribution is 5.46. The number of piperidine rings is 1. The Morgan fingerprint density at radius 1 is 0.880 bits per heavy atom. The minimum atomic E-state index is 0.0966. The summed E-state index contributed by atoms with van der Waals surface area (Å²) in [4.78, 5) is 2.49. The van der Waals surface area contributed by atoms with E-state index in [0.29, 0.717) is 6.61 Å². The van der Waals surface area contributed by atoms with E-state index in [4.69, 9.17) is 9.47 Å². The zero-order valence-corrected chi connectivity index (χ0v) is 14.6. The van der Waals surface area contributed by atoms with E-state index < -0.39 is 0 Å². The molecule has 2 aliphatic rings. The molecule has 25 heavy (non-hydrogen) atoms. The van der Waals surface area contributed by atoms with Gasteiger partial charge < -0.3 is 19.7 Å². The third kappa shape index (κ3) is 4.07. The fourth-order valence-electron chi connectivity index (χ4n) is 3.65. The highest BCUT2D eigenvalue weighted by Crippen LogP contribution is 2.30. The van der Waals surface area contributed by atoms with Gasteiger partial charge >= 0.3 is 0 Å². The third-order valence-corrected chi connectivity index (χ3v) is 5.11. The van der Waals surface area contributed by atoms with Gasteiger partial charge in [-0.15, -0.1) is 0 Å². The second-order valence-corrected chi connectivity index (χ2v) is 6.92. The second kappa shape index (κ2) is 7.79. The molecule has 1 N–H and O–H groups in total. The van der Waals surface area contributed by atoms with Gasteiger partial charge in [-0.3, -0.25) is 0 Å². The molecule has 0 bridgehead atoms. The van der Waals surface area contributed by atoms with E-state index >= 15 is 0 Å². The topological polar surface area (TPSA) is 33.7 Å². The number of hydrogen-bond acceptors (Lipinski definition) is 4. The molecule has 0 amide bonds. The summed E-state index contributed by atoms with van der Waals surface area (Å²) in [5.41, 5.74) is 1.35. The first kappa shape index (κ1) is 16.3. The molecule has 4 rings (SSSR count). The van der Waals surface area contributed by atoms with Crippen LogP contribution in [-0.4, -0.2) is 38.9 Å². The van der Waals surface area contributed by atoms with E-state index in [0.717, 1.165) is 43.6 Å². The van der Waals surface area contributed by atoms with Crippen molar-refractivity contribution in [2.45, 2.75) is 18.9 Å². The highest BCUT2D eigenvalue weighted by Gasteiger charge is 2.22. The van der Waals surface area contributed by atoms with Crippen molar-refractivity contribution in [3.05, 3.63) is 54.6 Å². The van der Waals surface area contributed by atoms with Crippen molar-refractivity contribution in [3.8, 4) is 11.5 Å². The van der Waals surface area contributed by atoms with Crippen LogP contribution in [0.3, 0.4) is 0 Å². The maximum atomic E-state index is 6.00. The Labute approximate surface area is 149 Å². The normalized spacial score (nSPS) is 20.5. The first-order valence-corrected chi connectivity index (χ1v) is 9.28. The number of hydrogen-bond donors (Lipinski definition) is 1. The van der Waals surface area contributed by atoms with E-state index in [-0.39, 0.29) is 6.10 Å². The maximum absolute atomic E-state index is 6.00. The molecule has 0 aliphatic carbocycles. The third-order valence-electron chi connectivity index (χ3n) is 5.11. The predicted molar refractivity (Wildman–Crippen MR) is 101 cm³/mol. The summed E-state index contributed by atoms with van der Waals surface area (Å²) in [7, 11) is 0. The van der Waals surface area contributed by atoms with Crippen LogP contribution >= 0.6 is 0 Å². The zero-order chi connectivity index (χ0) is 16.9. The van der Waals surface area contributed by atoms with Gasteiger partial charge in [0.25, 0.3) is 0 Å². The van der Waals surface area contributed by atoms with E-state index in [2.05, 4.69) is 40.5 Å². The maximum Gasteiger partial charge on any atom is 0.161 e. The fraction of sp³-hybridized carbons (Fsp3) is 0.429. The van der Waals surface area contributed by atoms with Gasteiger partial charge in [0.1, 0.15) is 12.7 Å². The van der Waals surface area contributed by atoms with Crippen molar-refractivity contribution in [1.29, 1.82) is 0 Å². The fourth-order valence-corrected chi connectivity index (χ4v) is 3.65. The molecule has 0 unspecified atom stereocenters. The lowest BCUT2D eigenvalue weighted by Gasteiger charge is -2.34. The molecule has 2 heterocycles. The summed E-state index contributed by atoms with van der Waals surface area (Å²) < 4.78 is 11.8. The van der Waals surface area contributed by atoms with Gasteiger partial charge in [-0.2, -0.15) is 0 Å². The lowest BCUT2D eigenvalue weighted by atomic mass is 9.96. The largest absolute Gasteiger partial charge is 0.486 e. The van der Waals surface area contributed by atoms with Gasteiger partial charge in [-0.05, 0) is 49.6 Å². The van der Waals surface area contributed by atoms with Crippen LogP contribution in [0.1, 0.15) is 12.8 Å². The molecule has 2 aliphatic heterocycles. The molecule has 0 aromatic heterocycles. The van der Waals surface area contributed by atoms with Gasteiger partial charge in [0.2, 0.25) is 0 Å². The number of para-hydroxylation sites is 3. The Hall–Kier alpha value is -2.20. The first-order chi connectivity index (χ1) is 12.4. The lowest BCUT2D eigenvalue weighted by Crippen LogP contribution is -2.42. The van der Waals surface area contributed by atoms with Crippen LogP contribution in [0, 0.1) is 5.92 Å². The Bertz CT molecular complexity index is 669. The number of fused-ring (bicyclic) bond motifs is 1. The van der Waals surface area contributed by atoms with E-state index in [9.17, 15) is 0 Å². The lowest BCUT2D eigenvalue weighted by molar-refractivity contribution is 0.0894. The molecular weight excluding hydrogens is 312 g/mol. The SMILES string of the molecule is c1ccc(N2CCC(CNC[C@H]3COc4ccccc4O3)CC2)cc1. The summed E-state index contributed by atoms with van der Waals surface area (Å²) in [5, 5.41) is 3.59. The number of rotatable bonds is 5. The summed E-state index contributed by atoms with van der Waals surface area (Å²) in [6, 6.07) is 18.6. The molecule has 2 aromatic rings. The van der Waals surface area contributed by atoms with E-state index in [1.54, 1.807) is 0 Å². The molecule has 0 saturated carbocycles. The summed E-state index contributed by atoms with van der Waals surface area (Å²) in [5.74, 6) is 2.46. The van der Waals surface area contributed by atoms with Crippen molar-refractivity contribution in [3.63, 3.8) is 0 Å². The number of benzene rings is 2. The number of nitrogens with one attached hydrogen (secondary N) is 1. The molecule has 1 atom stereocenters. The average Bonchev–Trinajstić information content (AvgIpc) is 2.69. The van der Waals surface area contributed by atoms with Crippen LogP contribution in [-0.2, 0) is 0 Å². The van der Waals surface area contributed by atoms with Crippen molar-refractivity contribution in [2.75, 3.05) is 37.7 Å². The highest BCUT2D eigenvalue weighted by atomic mass is 16.6. The quantitative estimate of drug-likeness (QED) is 0.907. The van der Waals surface area contributed by atoms with Gasteiger partial charge in [0.05, 0.1) is 0 Å². The van der Waals surface area contributed by atoms with Crippen molar-refractivity contribution in [2.24, 2.45) is 5.92 Å². The minimum Gasteiger partial charge on any atom is -0.486 e. The molecule has 4 nitrogen and oxygen atoms in total. The molecular formula is C21H26N2O2. The zero-order valence-electron chi connectivity index (χ0n) is 14.6. The standard InChI is InChI=1S/C21H26N2O2/c1-2-6-18(7-3-1)23-12-10-17(11-13-23)14-22-15-19-16-24-20-8-4-5-9-21(20)25-19/h1-9,17,19,22H,10-16H2/t19-/m0/s1. The Kier molecular flexibility index (Phi) is 5.07. The molecule has 0 spiro atoms. The smallest absolute Gasteiger partial charge is 0.161 e. The summed E-state index contributed by atoms with van der Waals surface area (Å²) >= 11 is 0. The van der Waals surface area contributed by atoms with Crippen LogP contribution in [0.15, 0.2) is 54.6 Å². The summed E-state index contributed by atoms with van der Waals surface area (Å²) in [6.45, 7) is 4.81. The predicted octanol–water partition coefficient (Wildman–Crippen LogP) is 3.33. The number of nitrogens with zero attached hydrogens (tertiary/aromatic N) is 1. The van der Waals surface area contributed by atoms with E-state index in [1.807, 2.05) is 24.3 Å².